The van der Waals surface area contributed by atoms with Gasteiger partial charge < -0.3 is 24.4 Å². The van der Waals surface area contributed by atoms with E-state index in [1.807, 2.05) is 35.2 Å². The summed E-state index contributed by atoms with van der Waals surface area (Å²) in [5.41, 5.74) is 2.40. The molecule has 1 aliphatic rings. The number of hydrogen-bond acceptors (Lipinski definition) is 7. The SMILES string of the molecule is COc1cc2c(NCc3ccc(C(=O)N4CCCCC4)cc3)ncnc2c(OC)c1OC. The van der Waals surface area contributed by atoms with E-state index in [0.717, 1.165) is 42.4 Å². The molecule has 8 heteroatoms. The summed E-state index contributed by atoms with van der Waals surface area (Å²) in [5.74, 6) is 2.28. The Bertz CT molecular complexity index is 1100. The predicted octanol–water partition coefficient (Wildman–Crippen LogP) is 3.89. The van der Waals surface area contributed by atoms with Gasteiger partial charge in [-0.15, -0.1) is 0 Å². The van der Waals surface area contributed by atoms with Crippen molar-refractivity contribution < 1.29 is 19.0 Å². The number of likely N-dealkylation sites (tertiary alicyclic amines) is 1. The van der Waals surface area contributed by atoms with Gasteiger partial charge in [0.2, 0.25) is 5.75 Å². The molecule has 1 saturated heterocycles. The lowest BCUT2D eigenvalue weighted by Crippen LogP contribution is -2.35. The third kappa shape index (κ3) is 4.26. The molecule has 1 amide bonds. The minimum absolute atomic E-state index is 0.110. The van der Waals surface area contributed by atoms with E-state index in [1.165, 1.54) is 12.7 Å². The molecule has 0 bridgehead atoms. The number of anilines is 1. The Morgan fingerprint density at radius 1 is 0.969 bits per heavy atom. The number of benzene rings is 2. The summed E-state index contributed by atoms with van der Waals surface area (Å²) >= 11 is 0. The van der Waals surface area contributed by atoms with Gasteiger partial charge in [-0.2, -0.15) is 0 Å². The maximum Gasteiger partial charge on any atom is 0.253 e. The van der Waals surface area contributed by atoms with Crippen molar-refractivity contribution in [1.29, 1.82) is 0 Å². The number of carbonyl (C=O) groups excluding carboxylic acids is 1. The van der Waals surface area contributed by atoms with E-state index >= 15 is 0 Å². The highest BCUT2D eigenvalue weighted by atomic mass is 16.5. The number of aromatic nitrogens is 2. The lowest BCUT2D eigenvalue weighted by Gasteiger charge is -2.26. The highest BCUT2D eigenvalue weighted by Crippen LogP contribution is 2.43. The van der Waals surface area contributed by atoms with Crippen molar-refractivity contribution in [3.8, 4) is 17.2 Å². The van der Waals surface area contributed by atoms with Crippen LogP contribution in [-0.4, -0.2) is 55.2 Å². The summed E-state index contributed by atoms with van der Waals surface area (Å²) in [6.45, 7) is 2.24. The van der Waals surface area contributed by atoms with Gasteiger partial charge in [0.15, 0.2) is 11.5 Å². The molecular formula is C24H28N4O4. The van der Waals surface area contributed by atoms with Crippen molar-refractivity contribution in [1.82, 2.24) is 14.9 Å². The van der Waals surface area contributed by atoms with Gasteiger partial charge in [0.25, 0.3) is 5.91 Å². The molecule has 0 spiro atoms. The maximum atomic E-state index is 12.7. The van der Waals surface area contributed by atoms with Crippen molar-refractivity contribution in [2.45, 2.75) is 25.8 Å². The van der Waals surface area contributed by atoms with Crippen LogP contribution >= 0.6 is 0 Å². The predicted molar refractivity (Wildman–Crippen MR) is 123 cm³/mol. The average Bonchev–Trinajstić information content (AvgIpc) is 2.86. The minimum atomic E-state index is 0.110. The smallest absolute Gasteiger partial charge is 0.253 e. The second-order valence-electron chi connectivity index (χ2n) is 7.67. The molecule has 1 aromatic heterocycles. The highest BCUT2D eigenvalue weighted by molar-refractivity contribution is 5.97. The fourth-order valence-corrected chi connectivity index (χ4v) is 4.03. The monoisotopic (exact) mass is 436 g/mol. The zero-order chi connectivity index (χ0) is 22.5. The molecule has 32 heavy (non-hydrogen) atoms. The molecule has 0 saturated carbocycles. The second kappa shape index (κ2) is 9.72. The number of nitrogens with one attached hydrogen (secondary N) is 1. The molecule has 0 atom stereocenters. The van der Waals surface area contributed by atoms with E-state index in [4.69, 9.17) is 14.2 Å². The van der Waals surface area contributed by atoms with Gasteiger partial charge in [-0.25, -0.2) is 9.97 Å². The second-order valence-corrected chi connectivity index (χ2v) is 7.67. The molecule has 3 aromatic rings. The molecule has 1 N–H and O–H groups in total. The topological polar surface area (TPSA) is 85.8 Å². The number of methoxy groups -OCH3 is 3. The third-order valence-electron chi connectivity index (χ3n) is 5.74. The molecule has 1 aliphatic heterocycles. The van der Waals surface area contributed by atoms with Crippen LogP contribution in [0.5, 0.6) is 17.2 Å². The largest absolute Gasteiger partial charge is 0.493 e. The summed E-state index contributed by atoms with van der Waals surface area (Å²) in [4.78, 5) is 23.4. The molecule has 4 rings (SSSR count). The first-order chi connectivity index (χ1) is 15.7. The molecule has 0 unspecified atom stereocenters. The van der Waals surface area contributed by atoms with Gasteiger partial charge in [-0.05, 0) is 43.0 Å². The number of hydrogen-bond donors (Lipinski definition) is 1. The Hall–Kier alpha value is -3.55. The van der Waals surface area contributed by atoms with Gasteiger partial charge >= 0.3 is 0 Å². The third-order valence-corrected chi connectivity index (χ3v) is 5.74. The zero-order valence-electron chi connectivity index (χ0n) is 18.7. The van der Waals surface area contributed by atoms with Crippen LogP contribution in [0.4, 0.5) is 5.82 Å². The molecule has 2 aromatic carbocycles. The Labute approximate surface area is 187 Å². The number of ether oxygens (including phenoxy) is 3. The van der Waals surface area contributed by atoms with E-state index in [-0.39, 0.29) is 5.91 Å². The van der Waals surface area contributed by atoms with Gasteiger partial charge in [0, 0.05) is 25.2 Å². The summed E-state index contributed by atoms with van der Waals surface area (Å²) < 4.78 is 16.5. The molecule has 0 radical (unpaired) electrons. The first kappa shape index (κ1) is 21.7. The number of amides is 1. The van der Waals surface area contributed by atoms with E-state index in [1.54, 1.807) is 21.3 Å². The Morgan fingerprint density at radius 3 is 2.34 bits per heavy atom. The zero-order valence-corrected chi connectivity index (χ0v) is 18.7. The first-order valence-electron chi connectivity index (χ1n) is 10.7. The fourth-order valence-electron chi connectivity index (χ4n) is 4.03. The number of fused-ring (bicyclic) bond motifs is 1. The van der Waals surface area contributed by atoms with Gasteiger partial charge in [-0.3, -0.25) is 4.79 Å². The van der Waals surface area contributed by atoms with Crippen LogP contribution in [0.25, 0.3) is 10.9 Å². The van der Waals surface area contributed by atoms with E-state index in [9.17, 15) is 4.79 Å². The van der Waals surface area contributed by atoms with Crippen molar-refractivity contribution in [3.05, 3.63) is 47.8 Å². The summed E-state index contributed by atoms with van der Waals surface area (Å²) in [6.07, 6.45) is 4.86. The van der Waals surface area contributed by atoms with Crippen molar-refractivity contribution in [2.24, 2.45) is 0 Å². The van der Waals surface area contributed by atoms with Crippen molar-refractivity contribution in [3.63, 3.8) is 0 Å². The van der Waals surface area contributed by atoms with Gasteiger partial charge in [0.05, 0.1) is 26.7 Å². The van der Waals surface area contributed by atoms with Gasteiger partial charge in [-0.1, -0.05) is 12.1 Å². The average molecular weight is 437 g/mol. The Balaban J connectivity index is 1.53. The molecular weight excluding hydrogens is 408 g/mol. The fraction of sp³-hybridized carbons (Fsp3) is 0.375. The molecule has 168 valence electrons. The van der Waals surface area contributed by atoms with Crippen LogP contribution in [-0.2, 0) is 6.54 Å². The van der Waals surface area contributed by atoms with E-state index in [0.29, 0.717) is 35.1 Å². The lowest BCUT2D eigenvalue weighted by molar-refractivity contribution is 0.0724. The standard InChI is InChI=1S/C24H28N4O4/c1-30-19-13-18-20(22(32-3)21(19)31-2)26-15-27-23(18)25-14-16-7-9-17(10-8-16)24(29)28-11-5-4-6-12-28/h7-10,13,15H,4-6,11-12,14H2,1-3H3,(H,25,26,27). The minimum Gasteiger partial charge on any atom is -0.493 e. The highest BCUT2D eigenvalue weighted by Gasteiger charge is 2.20. The number of carbonyl (C=O) groups is 1. The molecule has 2 heterocycles. The molecule has 8 nitrogen and oxygen atoms in total. The Morgan fingerprint density at radius 2 is 1.69 bits per heavy atom. The summed E-state index contributed by atoms with van der Waals surface area (Å²) in [6, 6.07) is 9.56. The van der Waals surface area contributed by atoms with E-state index < -0.39 is 0 Å². The number of piperidine rings is 1. The van der Waals surface area contributed by atoms with Crippen LogP contribution in [0, 0.1) is 0 Å². The van der Waals surface area contributed by atoms with Crippen LogP contribution in [0.3, 0.4) is 0 Å². The molecule has 1 fully saturated rings. The Kier molecular flexibility index (Phi) is 6.58. The van der Waals surface area contributed by atoms with Crippen LogP contribution in [0.1, 0.15) is 35.2 Å². The quantitative estimate of drug-likeness (QED) is 0.601. The summed E-state index contributed by atoms with van der Waals surface area (Å²) in [7, 11) is 4.71. The maximum absolute atomic E-state index is 12.7. The van der Waals surface area contributed by atoms with Crippen LogP contribution < -0.4 is 19.5 Å². The molecule has 0 aliphatic carbocycles. The van der Waals surface area contributed by atoms with Gasteiger partial charge in [0.1, 0.15) is 17.7 Å². The van der Waals surface area contributed by atoms with Crippen molar-refractivity contribution >= 4 is 22.6 Å². The van der Waals surface area contributed by atoms with Crippen LogP contribution in [0.2, 0.25) is 0 Å². The van der Waals surface area contributed by atoms with Crippen LogP contribution in [0.15, 0.2) is 36.7 Å². The van der Waals surface area contributed by atoms with E-state index in [2.05, 4.69) is 15.3 Å². The normalized spacial score (nSPS) is 13.7. The number of rotatable bonds is 7. The summed E-state index contributed by atoms with van der Waals surface area (Å²) in [5, 5.41) is 4.12. The van der Waals surface area contributed by atoms with Crippen molar-refractivity contribution in [2.75, 3.05) is 39.7 Å². The number of nitrogens with zero attached hydrogens (tertiary/aromatic N) is 3. The first-order valence-corrected chi connectivity index (χ1v) is 10.7. The lowest BCUT2D eigenvalue weighted by atomic mass is 10.1.